The molecule has 0 amide bonds. The predicted molar refractivity (Wildman–Crippen MR) is 42.2 cm³/mol. The van der Waals surface area contributed by atoms with E-state index in [4.69, 9.17) is 0 Å². The molecule has 1 aromatic carbocycles. The maximum atomic E-state index is 13.2. The summed E-state index contributed by atoms with van der Waals surface area (Å²) >= 11 is 0. The first kappa shape index (κ1) is 9.70. The number of halogens is 3. The Labute approximate surface area is 82.4 Å². The highest BCUT2D eigenvalue weighted by molar-refractivity contribution is 5.83. The van der Waals surface area contributed by atoms with Gasteiger partial charge in [-0.3, -0.25) is 0 Å². The molecule has 0 aliphatic heterocycles. The van der Waals surface area contributed by atoms with Crippen molar-refractivity contribution in [1.82, 2.24) is 5.10 Å². The number of fused-ring (bicyclic) bond motifs is 1. The molecule has 6 heteroatoms. The molecule has 78 valence electrons. The molecule has 0 saturated heterocycles. The third kappa shape index (κ3) is 1.38. The number of aromatic nitrogens is 2. The van der Waals surface area contributed by atoms with E-state index >= 15 is 0 Å². The van der Waals surface area contributed by atoms with Gasteiger partial charge < -0.3 is 5.11 Å². The van der Waals surface area contributed by atoms with Crippen LogP contribution in [-0.4, -0.2) is 5.10 Å². The van der Waals surface area contributed by atoms with Gasteiger partial charge in [-0.25, -0.2) is 13.2 Å². The van der Waals surface area contributed by atoms with Crippen molar-refractivity contribution in [3.8, 4) is 5.75 Å². The molecule has 1 aromatic heterocycles. The van der Waals surface area contributed by atoms with E-state index in [9.17, 15) is 18.3 Å². The van der Waals surface area contributed by atoms with Crippen LogP contribution < -0.4 is 9.79 Å². The molecule has 0 radical (unpaired) electrons. The van der Waals surface area contributed by atoms with E-state index in [1.54, 1.807) is 0 Å². The normalized spacial score (nSPS) is 10.9. The van der Waals surface area contributed by atoms with Crippen molar-refractivity contribution in [2.24, 2.45) is 7.05 Å². The number of hydrogen-bond donors (Lipinski definition) is 0. The average Bonchev–Trinajstić information content (AvgIpc) is 2.17. The van der Waals surface area contributed by atoms with Crippen LogP contribution in [0.4, 0.5) is 13.2 Å². The Morgan fingerprint density at radius 1 is 1.27 bits per heavy atom. The summed E-state index contributed by atoms with van der Waals surface area (Å²) in [5, 5.41) is 14.6. The molecule has 3 nitrogen and oxygen atoms in total. The summed E-state index contributed by atoms with van der Waals surface area (Å²) in [6.45, 7) is 0. The van der Waals surface area contributed by atoms with E-state index in [0.29, 0.717) is 6.07 Å². The van der Waals surface area contributed by atoms with Gasteiger partial charge in [0.15, 0.2) is 36.2 Å². The maximum absolute atomic E-state index is 13.2. The summed E-state index contributed by atoms with van der Waals surface area (Å²) < 4.78 is 39.9. The first-order valence-corrected chi connectivity index (χ1v) is 4.02. The lowest BCUT2D eigenvalue weighted by molar-refractivity contribution is -0.730. The Morgan fingerprint density at radius 3 is 2.60 bits per heavy atom. The Hall–Kier alpha value is -1.85. The maximum Gasteiger partial charge on any atom is 0.196 e. The second-order valence-electron chi connectivity index (χ2n) is 3.05. The summed E-state index contributed by atoms with van der Waals surface area (Å²) in [6, 6.07) is 0.642. The number of nitrogens with zero attached hydrogens (tertiary/aromatic N) is 2. The lowest BCUT2D eigenvalue weighted by Crippen LogP contribution is -2.33. The summed E-state index contributed by atoms with van der Waals surface area (Å²) in [5.74, 6) is -5.08. The van der Waals surface area contributed by atoms with Crippen LogP contribution in [0, 0.1) is 17.5 Å². The predicted octanol–water partition coefficient (Wildman–Crippen LogP) is 0.550. The van der Waals surface area contributed by atoms with Crippen LogP contribution in [0.25, 0.3) is 10.9 Å². The van der Waals surface area contributed by atoms with Crippen LogP contribution in [0.1, 0.15) is 0 Å². The van der Waals surface area contributed by atoms with Crippen LogP contribution in [0.15, 0.2) is 12.3 Å². The zero-order valence-corrected chi connectivity index (χ0v) is 7.59. The number of benzene rings is 1. The van der Waals surface area contributed by atoms with Gasteiger partial charge in [-0.2, -0.15) is 0 Å². The highest BCUT2D eigenvalue weighted by Gasteiger charge is 2.17. The van der Waals surface area contributed by atoms with Crippen LogP contribution >= 0.6 is 0 Å². The molecule has 0 N–H and O–H groups in total. The van der Waals surface area contributed by atoms with Gasteiger partial charge in [-0.15, -0.1) is 0 Å². The Kier molecular flexibility index (Phi) is 1.99. The fraction of sp³-hybridized carbons (Fsp3) is 0.111. The average molecular weight is 214 g/mol. The fourth-order valence-electron chi connectivity index (χ4n) is 1.30. The summed E-state index contributed by atoms with van der Waals surface area (Å²) in [4.78, 5) is 0. The Balaban J connectivity index is 2.98. The van der Waals surface area contributed by atoms with E-state index in [0.717, 1.165) is 10.9 Å². The third-order valence-electron chi connectivity index (χ3n) is 1.96. The molecule has 0 bridgehead atoms. The van der Waals surface area contributed by atoms with E-state index < -0.39 is 28.7 Å². The summed E-state index contributed by atoms with van der Waals surface area (Å²) in [7, 11) is 1.39. The minimum absolute atomic E-state index is 0.274. The Morgan fingerprint density at radius 2 is 1.93 bits per heavy atom. The molecule has 2 aromatic rings. The minimum atomic E-state index is -1.62. The van der Waals surface area contributed by atoms with Crippen LogP contribution in [0.3, 0.4) is 0 Å². The van der Waals surface area contributed by atoms with Gasteiger partial charge >= 0.3 is 0 Å². The number of aryl methyl sites for hydroxylation is 1. The first-order valence-electron chi connectivity index (χ1n) is 4.02. The molecular weight excluding hydrogens is 209 g/mol. The fourth-order valence-corrected chi connectivity index (χ4v) is 1.30. The molecule has 0 saturated carbocycles. The molecule has 1 heterocycles. The largest absolute Gasteiger partial charge is 0.868 e. The van der Waals surface area contributed by atoms with Gasteiger partial charge in [0.25, 0.3) is 0 Å². The molecular formula is C9H5F3N2O. The minimum Gasteiger partial charge on any atom is -0.868 e. The van der Waals surface area contributed by atoms with Gasteiger partial charge in [0.1, 0.15) is 0 Å². The van der Waals surface area contributed by atoms with Crippen molar-refractivity contribution in [3.05, 3.63) is 29.7 Å². The zero-order valence-electron chi connectivity index (χ0n) is 7.59. The smallest absolute Gasteiger partial charge is 0.196 e. The molecule has 0 aliphatic rings. The van der Waals surface area contributed by atoms with Gasteiger partial charge in [0.05, 0.1) is 0 Å². The molecule has 2 rings (SSSR count). The van der Waals surface area contributed by atoms with Crippen molar-refractivity contribution >= 4 is 10.9 Å². The second-order valence-corrected chi connectivity index (χ2v) is 3.05. The van der Waals surface area contributed by atoms with E-state index in [-0.39, 0.29) is 5.39 Å². The van der Waals surface area contributed by atoms with E-state index in [2.05, 4.69) is 5.10 Å². The highest BCUT2D eigenvalue weighted by Crippen LogP contribution is 2.24. The lowest BCUT2D eigenvalue weighted by atomic mass is 10.2. The van der Waals surface area contributed by atoms with Crippen LogP contribution in [0.5, 0.6) is 5.75 Å². The summed E-state index contributed by atoms with van der Waals surface area (Å²) in [5.41, 5.74) is -0.469. The zero-order chi connectivity index (χ0) is 11.2. The second kappa shape index (κ2) is 3.08. The van der Waals surface area contributed by atoms with Crippen molar-refractivity contribution in [2.75, 3.05) is 0 Å². The molecule has 15 heavy (non-hydrogen) atoms. The monoisotopic (exact) mass is 214 g/mol. The molecule has 0 atom stereocenters. The van der Waals surface area contributed by atoms with Crippen LogP contribution in [-0.2, 0) is 7.05 Å². The van der Waals surface area contributed by atoms with Crippen molar-refractivity contribution in [1.29, 1.82) is 0 Å². The van der Waals surface area contributed by atoms with Gasteiger partial charge in [0.2, 0.25) is 0 Å². The first-order chi connectivity index (χ1) is 7.00. The van der Waals surface area contributed by atoms with Gasteiger partial charge in [-0.1, -0.05) is 4.68 Å². The topological polar surface area (TPSA) is 39.8 Å². The molecule has 0 aliphatic carbocycles. The van der Waals surface area contributed by atoms with E-state index in [1.807, 2.05) is 0 Å². The molecule has 0 spiro atoms. The number of rotatable bonds is 0. The van der Waals surface area contributed by atoms with Crippen molar-refractivity contribution < 1.29 is 23.0 Å². The lowest BCUT2D eigenvalue weighted by Gasteiger charge is -2.07. The summed E-state index contributed by atoms with van der Waals surface area (Å²) in [6.07, 6.45) is 1.05. The van der Waals surface area contributed by atoms with Crippen molar-refractivity contribution in [2.45, 2.75) is 0 Å². The van der Waals surface area contributed by atoms with E-state index in [1.165, 1.54) is 7.05 Å². The Bertz CT molecular complexity index is 557. The van der Waals surface area contributed by atoms with Gasteiger partial charge in [0, 0.05) is 10.5 Å². The highest BCUT2D eigenvalue weighted by atomic mass is 19.2. The molecule has 0 unspecified atom stereocenters. The van der Waals surface area contributed by atoms with Gasteiger partial charge in [-0.05, 0) is 11.8 Å². The SMILES string of the molecule is C[n+]1cc([O-])c2cc(F)c(F)c(F)c2n1. The quantitative estimate of drug-likeness (QED) is 0.474. The number of hydrogen-bond acceptors (Lipinski definition) is 2. The standard InChI is InChI=1S/C9H5F3N2O/c1-14-3-6(15)4-2-5(10)7(11)8(12)9(4)13-14/h2-3H,1H3. The molecule has 0 fully saturated rings. The van der Waals surface area contributed by atoms with Crippen molar-refractivity contribution in [3.63, 3.8) is 0 Å². The third-order valence-corrected chi connectivity index (χ3v) is 1.96. The van der Waals surface area contributed by atoms with Crippen LogP contribution in [0.2, 0.25) is 0 Å².